The smallest absolute Gasteiger partial charge is 0.241 e. The van der Waals surface area contributed by atoms with Crippen molar-refractivity contribution in [3.63, 3.8) is 0 Å². The van der Waals surface area contributed by atoms with Gasteiger partial charge in [-0.3, -0.25) is 9.59 Å². The highest BCUT2D eigenvalue weighted by Gasteiger charge is 2.10. The zero-order chi connectivity index (χ0) is 10.4. The molecule has 0 fully saturated rings. The first kappa shape index (κ1) is 11.9. The van der Waals surface area contributed by atoms with Crippen LogP contribution in [0.4, 0.5) is 0 Å². The lowest BCUT2D eigenvalue weighted by Gasteiger charge is -2.15. The van der Waals surface area contributed by atoms with Gasteiger partial charge in [-0.05, 0) is 13.8 Å². The van der Waals surface area contributed by atoms with Crippen molar-refractivity contribution in [3.05, 3.63) is 0 Å². The van der Waals surface area contributed by atoms with Crippen molar-refractivity contribution in [2.75, 3.05) is 20.1 Å². The molecule has 0 unspecified atom stereocenters. The van der Waals surface area contributed by atoms with Crippen LogP contribution in [0.3, 0.4) is 0 Å². The maximum Gasteiger partial charge on any atom is 0.241 e. The second-order valence-corrected chi connectivity index (χ2v) is 2.91. The monoisotopic (exact) mass is 187 g/mol. The van der Waals surface area contributed by atoms with Gasteiger partial charge in [0.1, 0.15) is 0 Å². The number of nitrogens with zero attached hydrogens (tertiary/aromatic N) is 1. The normalized spacial score (nSPS) is 12.0. The molecule has 0 rings (SSSR count). The number of carbonyl (C=O) groups excluding carboxylic acids is 2. The molecule has 0 spiro atoms. The van der Waals surface area contributed by atoms with Gasteiger partial charge in [0, 0.05) is 13.6 Å². The first-order valence-electron chi connectivity index (χ1n) is 4.26. The predicted molar refractivity (Wildman–Crippen MR) is 50.0 cm³/mol. The molecule has 0 heterocycles. The highest BCUT2D eigenvalue weighted by molar-refractivity contribution is 5.86. The third-order valence-corrected chi connectivity index (χ3v) is 1.73. The van der Waals surface area contributed by atoms with Crippen LogP contribution in [0.5, 0.6) is 0 Å². The summed E-state index contributed by atoms with van der Waals surface area (Å²) in [5, 5.41) is 2.44. The lowest BCUT2D eigenvalue weighted by molar-refractivity contribution is -0.131. The molecule has 0 radical (unpaired) electrons. The topological polar surface area (TPSA) is 75.4 Å². The Morgan fingerprint density at radius 1 is 1.54 bits per heavy atom. The van der Waals surface area contributed by atoms with Gasteiger partial charge in [0.15, 0.2) is 0 Å². The Labute approximate surface area is 78.3 Å². The van der Waals surface area contributed by atoms with E-state index in [0.29, 0.717) is 6.54 Å². The van der Waals surface area contributed by atoms with Crippen molar-refractivity contribution in [3.8, 4) is 0 Å². The molecule has 0 bridgehead atoms. The van der Waals surface area contributed by atoms with Crippen molar-refractivity contribution in [2.45, 2.75) is 19.9 Å². The number of nitrogens with one attached hydrogen (secondary N) is 1. The van der Waals surface area contributed by atoms with Crippen molar-refractivity contribution < 1.29 is 9.59 Å². The number of amides is 2. The number of nitrogens with two attached hydrogens (primary N) is 1. The molecule has 2 amide bonds. The summed E-state index contributed by atoms with van der Waals surface area (Å²) in [5.74, 6) is -0.422. The van der Waals surface area contributed by atoms with Crippen LogP contribution in [-0.2, 0) is 9.59 Å². The number of carbonyl (C=O) groups is 2. The molecule has 0 aliphatic carbocycles. The molecule has 1 atom stereocenters. The second kappa shape index (κ2) is 5.53. The van der Waals surface area contributed by atoms with Gasteiger partial charge in [-0.2, -0.15) is 0 Å². The molecule has 3 N–H and O–H groups in total. The number of hydrogen-bond donors (Lipinski definition) is 2. The fraction of sp³-hybridized carbons (Fsp3) is 0.750. The minimum Gasteiger partial charge on any atom is -0.346 e. The van der Waals surface area contributed by atoms with E-state index in [9.17, 15) is 9.59 Å². The maximum absolute atomic E-state index is 11.2. The summed E-state index contributed by atoms with van der Waals surface area (Å²) in [5.41, 5.74) is 5.29. The summed E-state index contributed by atoms with van der Waals surface area (Å²) in [6.45, 7) is 4.09. The zero-order valence-corrected chi connectivity index (χ0v) is 8.33. The van der Waals surface area contributed by atoms with Crippen LogP contribution in [-0.4, -0.2) is 42.9 Å². The standard InChI is InChI=1S/C8H17N3O2/c1-4-11(3)7(12)5-10-8(13)6(2)9/h6H,4-5,9H2,1-3H3,(H,10,13)/t6-/m1/s1. The largest absolute Gasteiger partial charge is 0.346 e. The van der Waals surface area contributed by atoms with Crippen molar-refractivity contribution >= 4 is 11.8 Å². The Morgan fingerprint density at radius 2 is 2.08 bits per heavy atom. The van der Waals surface area contributed by atoms with E-state index in [0.717, 1.165) is 0 Å². The highest BCUT2D eigenvalue weighted by atomic mass is 16.2. The summed E-state index contributed by atoms with van der Waals surface area (Å²) in [4.78, 5) is 23.7. The molecule has 0 aromatic heterocycles. The van der Waals surface area contributed by atoms with E-state index in [2.05, 4.69) is 5.32 Å². The average molecular weight is 187 g/mol. The number of rotatable bonds is 4. The lowest BCUT2D eigenvalue weighted by Crippen LogP contribution is -2.43. The average Bonchev–Trinajstić information content (AvgIpc) is 2.11. The molecule has 0 saturated carbocycles. The Balaban J connectivity index is 3.77. The van der Waals surface area contributed by atoms with Crippen molar-refractivity contribution in [1.29, 1.82) is 0 Å². The second-order valence-electron chi connectivity index (χ2n) is 2.91. The Morgan fingerprint density at radius 3 is 2.46 bits per heavy atom. The fourth-order valence-electron chi connectivity index (χ4n) is 0.635. The predicted octanol–water partition coefficient (Wildman–Crippen LogP) is -1.07. The third kappa shape index (κ3) is 4.47. The molecule has 76 valence electrons. The van der Waals surface area contributed by atoms with Gasteiger partial charge in [0.05, 0.1) is 12.6 Å². The zero-order valence-electron chi connectivity index (χ0n) is 8.33. The quantitative estimate of drug-likeness (QED) is 0.588. The van der Waals surface area contributed by atoms with Crippen LogP contribution >= 0.6 is 0 Å². The first-order valence-corrected chi connectivity index (χ1v) is 4.26. The van der Waals surface area contributed by atoms with Gasteiger partial charge < -0.3 is 16.0 Å². The van der Waals surface area contributed by atoms with E-state index in [1.165, 1.54) is 4.90 Å². The van der Waals surface area contributed by atoms with E-state index in [-0.39, 0.29) is 18.4 Å². The van der Waals surface area contributed by atoms with E-state index in [4.69, 9.17) is 5.73 Å². The number of hydrogen-bond acceptors (Lipinski definition) is 3. The van der Waals surface area contributed by atoms with Crippen LogP contribution in [0.2, 0.25) is 0 Å². The van der Waals surface area contributed by atoms with Crippen LogP contribution in [0.25, 0.3) is 0 Å². The van der Waals surface area contributed by atoms with Gasteiger partial charge in [-0.25, -0.2) is 0 Å². The SMILES string of the molecule is CCN(C)C(=O)CNC(=O)[C@@H](C)N. The molecule has 0 saturated heterocycles. The summed E-state index contributed by atoms with van der Waals surface area (Å²) < 4.78 is 0. The van der Waals surface area contributed by atoms with Crippen LogP contribution in [0.15, 0.2) is 0 Å². The van der Waals surface area contributed by atoms with Gasteiger partial charge in [-0.15, -0.1) is 0 Å². The van der Waals surface area contributed by atoms with Gasteiger partial charge in [-0.1, -0.05) is 0 Å². The molecule has 0 aliphatic rings. The Bertz CT molecular complexity index is 192. The van der Waals surface area contributed by atoms with E-state index in [1.807, 2.05) is 6.92 Å². The van der Waals surface area contributed by atoms with Crippen LogP contribution in [0.1, 0.15) is 13.8 Å². The van der Waals surface area contributed by atoms with Gasteiger partial charge in [0.25, 0.3) is 0 Å². The lowest BCUT2D eigenvalue weighted by atomic mass is 10.3. The molecular weight excluding hydrogens is 170 g/mol. The molecule has 5 nitrogen and oxygen atoms in total. The molecule has 13 heavy (non-hydrogen) atoms. The maximum atomic E-state index is 11.2. The van der Waals surface area contributed by atoms with E-state index < -0.39 is 6.04 Å². The van der Waals surface area contributed by atoms with E-state index >= 15 is 0 Å². The molecule has 0 aromatic rings. The van der Waals surface area contributed by atoms with Gasteiger partial charge in [0.2, 0.25) is 11.8 Å². The first-order chi connectivity index (χ1) is 5.99. The number of likely N-dealkylation sites (N-methyl/N-ethyl adjacent to an activating group) is 1. The minimum absolute atomic E-state index is 0.0186. The van der Waals surface area contributed by atoms with E-state index in [1.54, 1.807) is 14.0 Å². The highest BCUT2D eigenvalue weighted by Crippen LogP contribution is 1.82. The Kier molecular flexibility index (Phi) is 5.06. The molecular formula is C8H17N3O2. The summed E-state index contributed by atoms with van der Waals surface area (Å²) in [6, 6.07) is -0.570. The third-order valence-electron chi connectivity index (χ3n) is 1.73. The van der Waals surface area contributed by atoms with Crippen LogP contribution < -0.4 is 11.1 Å². The molecule has 0 aliphatic heterocycles. The summed E-state index contributed by atoms with van der Waals surface area (Å²) >= 11 is 0. The molecule has 0 aromatic carbocycles. The van der Waals surface area contributed by atoms with Gasteiger partial charge >= 0.3 is 0 Å². The fourth-order valence-corrected chi connectivity index (χ4v) is 0.635. The molecule has 5 heteroatoms. The van der Waals surface area contributed by atoms with Crippen molar-refractivity contribution in [1.82, 2.24) is 10.2 Å². The van der Waals surface area contributed by atoms with Crippen LogP contribution in [0, 0.1) is 0 Å². The van der Waals surface area contributed by atoms with Crippen molar-refractivity contribution in [2.24, 2.45) is 5.73 Å². The summed E-state index contributed by atoms with van der Waals surface area (Å²) in [6.07, 6.45) is 0. The Hall–Kier alpha value is -1.10. The summed E-state index contributed by atoms with van der Waals surface area (Å²) in [7, 11) is 1.68. The minimum atomic E-state index is -0.570.